The summed E-state index contributed by atoms with van der Waals surface area (Å²) < 4.78 is 6.11. The van der Waals surface area contributed by atoms with E-state index in [1.54, 1.807) is 0 Å². The molecule has 1 aliphatic heterocycles. The van der Waals surface area contributed by atoms with E-state index in [4.69, 9.17) is 4.74 Å². The first-order chi connectivity index (χ1) is 16.1. The normalized spacial score (nSPS) is 16.6. The van der Waals surface area contributed by atoms with Crippen LogP contribution in [0, 0.1) is 0 Å². The molecular weight excluding hydrogens is 408 g/mol. The lowest BCUT2D eigenvalue weighted by Gasteiger charge is -2.35. The Morgan fingerprint density at radius 2 is 1.30 bits per heavy atom. The molecule has 1 atom stereocenters. The molecule has 1 amide bonds. The topological polar surface area (TPSA) is 32.8 Å². The zero-order valence-electron chi connectivity index (χ0n) is 22.8. The summed E-state index contributed by atoms with van der Waals surface area (Å²) in [5.41, 5.74) is 0. The molecule has 4 nitrogen and oxygen atoms in total. The summed E-state index contributed by atoms with van der Waals surface area (Å²) >= 11 is 0. The Balaban J connectivity index is 1.96. The Bertz CT molecular complexity index is 441. The average Bonchev–Trinajstić information content (AvgIpc) is 2.81. The number of carbonyl (C=O) groups excluding carboxylic acids is 1. The van der Waals surface area contributed by atoms with Crippen LogP contribution in [0.1, 0.15) is 142 Å². The van der Waals surface area contributed by atoms with Gasteiger partial charge in [-0.25, -0.2) is 0 Å². The fourth-order valence-corrected chi connectivity index (χ4v) is 4.90. The van der Waals surface area contributed by atoms with Crippen LogP contribution < -0.4 is 0 Å². The van der Waals surface area contributed by atoms with Gasteiger partial charge in [0.15, 0.2) is 0 Å². The Morgan fingerprint density at radius 1 is 0.758 bits per heavy atom. The summed E-state index contributed by atoms with van der Waals surface area (Å²) in [4.78, 5) is 17.0. The zero-order valence-corrected chi connectivity index (χ0v) is 22.8. The monoisotopic (exact) mass is 466 g/mol. The Labute approximate surface area is 207 Å². The fourth-order valence-electron chi connectivity index (χ4n) is 4.90. The number of hydrogen-bond acceptors (Lipinski definition) is 3. The minimum absolute atomic E-state index is 0.0296. The van der Waals surface area contributed by atoms with Crippen molar-refractivity contribution in [2.75, 3.05) is 33.8 Å². The Kier molecular flexibility index (Phi) is 20.2. The van der Waals surface area contributed by atoms with Gasteiger partial charge in [-0.3, -0.25) is 4.79 Å². The van der Waals surface area contributed by atoms with E-state index in [0.717, 1.165) is 51.8 Å². The first-order valence-electron chi connectivity index (χ1n) is 14.7. The van der Waals surface area contributed by atoms with Gasteiger partial charge in [0.25, 0.3) is 0 Å². The molecule has 0 spiro atoms. The molecule has 33 heavy (non-hydrogen) atoms. The number of nitrogens with zero attached hydrogens (tertiary/aromatic N) is 2. The number of ether oxygens (including phenoxy) is 1. The summed E-state index contributed by atoms with van der Waals surface area (Å²) in [7, 11) is 4.22. The van der Waals surface area contributed by atoms with Crippen molar-refractivity contribution in [2.45, 2.75) is 148 Å². The second kappa shape index (κ2) is 21.9. The standard InChI is InChI=1S/C29H58N2O2/c1-4-5-6-7-8-9-10-11-12-13-14-15-16-17-18-23-28(32)31-26-20-19-24-29(31)33-27-22-21-25-30(2)3/h29H,4-27H2,1-3H3. The molecule has 0 aromatic carbocycles. The summed E-state index contributed by atoms with van der Waals surface area (Å²) in [6.45, 7) is 5.06. The largest absolute Gasteiger partial charge is 0.358 e. The van der Waals surface area contributed by atoms with Gasteiger partial charge in [0.1, 0.15) is 6.23 Å². The van der Waals surface area contributed by atoms with Crippen LogP contribution in [-0.2, 0) is 9.53 Å². The summed E-state index contributed by atoms with van der Waals surface area (Å²) in [6, 6.07) is 0. The molecule has 1 fully saturated rings. The minimum Gasteiger partial charge on any atom is -0.358 e. The lowest BCUT2D eigenvalue weighted by Crippen LogP contribution is -2.45. The van der Waals surface area contributed by atoms with Gasteiger partial charge in [-0.1, -0.05) is 96.8 Å². The van der Waals surface area contributed by atoms with Crippen molar-refractivity contribution in [3.05, 3.63) is 0 Å². The molecule has 1 unspecified atom stereocenters. The van der Waals surface area contributed by atoms with Gasteiger partial charge in [-0.15, -0.1) is 0 Å². The predicted molar refractivity (Wildman–Crippen MR) is 143 cm³/mol. The number of unbranched alkanes of at least 4 members (excludes halogenated alkanes) is 15. The van der Waals surface area contributed by atoms with E-state index in [2.05, 4.69) is 25.9 Å². The molecule has 0 bridgehead atoms. The quantitative estimate of drug-likeness (QED) is 0.152. The maximum absolute atomic E-state index is 12.8. The molecule has 1 rings (SSSR count). The van der Waals surface area contributed by atoms with Gasteiger partial charge in [0, 0.05) is 19.6 Å². The molecule has 196 valence electrons. The summed E-state index contributed by atoms with van der Waals surface area (Å²) in [5.74, 6) is 0.322. The van der Waals surface area contributed by atoms with Crippen molar-refractivity contribution in [3.63, 3.8) is 0 Å². The maximum Gasteiger partial charge on any atom is 0.224 e. The van der Waals surface area contributed by atoms with Crippen LogP contribution >= 0.6 is 0 Å². The van der Waals surface area contributed by atoms with Crippen LogP contribution in [0.3, 0.4) is 0 Å². The molecule has 0 aromatic rings. The van der Waals surface area contributed by atoms with E-state index in [9.17, 15) is 4.79 Å². The summed E-state index contributed by atoms with van der Waals surface area (Å²) in [6.07, 6.45) is 26.8. The van der Waals surface area contributed by atoms with Gasteiger partial charge in [-0.05, 0) is 59.2 Å². The van der Waals surface area contributed by atoms with E-state index in [1.165, 1.54) is 96.3 Å². The van der Waals surface area contributed by atoms with Crippen molar-refractivity contribution in [1.82, 2.24) is 9.80 Å². The van der Waals surface area contributed by atoms with E-state index >= 15 is 0 Å². The third kappa shape index (κ3) is 17.5. The lowest BCUT2D eigenvalue weighted by atomic mass is 10.0. The highest BCUT2D eigenvalue weighted by Gasteiger charge is 2.26. The average molecular weight is 467 g/mol. The molecular formula is C29H58N2O2. The molecule has 0 aromatic heterocycles. The van der Waals surface area contributed by atoms with Crippen LogP contribution in [-0.4, -0.2) is 55.7 Å². The van der Waals surface area contributed by atoms with Crippen molar-refractivity contribution in [3.8, 4) is 0 Å². The van der Waals surface area contributed by atoms with Crippen molar-refractivity contribution in [1.29, 1.82) is 0 Å². The number of hydrogen-bond donors (Lipinski definition) is 0. The van der Waals surface area contributed by atoms with Gasteiger partial charge < -0.3 is 14.5 Å². The maximum atomic E-state index is 12.8. The van der Waals surface area contributed by atoms with E-state index < -0.39 is 0 Å². The van der Waals surface area contributed by atoms with Crippen LogP contribution in [0.15, 0.2) is 0 Å². The van der Waals surface area contributed by atoms with Gasteiger partial charge in [0.2, 0.25) is 5.91 Å². The lowest BCUT2D eigenvalue weighted by molar-refractivity contribution is -0.151. The number of likely N-dealkylation sites (tertiary alicyclic amines) is 1. The van der Waals surface area contributed by atoms with Crippen molar-refractivity contribution in [2.24, 2.45) is 0 Å². The molecule has 4 heteroatoms. The second-order valence-electron chi connectivity index (χ2n) is 10.6. The van der Waals surface area contributed by atoms with Crippen LogP contribution in [0.25, 0.3) is 0 Å². The molecule has 0 saturated carbocycles. The van der Waals surface area contributed by atoms with Gasteiger partial charge in [0.05, 0.1) is 0 Å². The molecule has 0 radical (unpaired) electrons. The van der Waals surface area contributed by atoms with Crippen LogP contribution in [0.5, 0.6) is 0 Å². The molecule has 0 aliphatic carbocycles. The molecule has 1 saturated heterocycles. The van der Waals surface area contributed by atoms with Crippen molar-refractivity contribution < 1.29 is 9.53 Å². The second-order valence-corrected chi connectivity index (χ2v) is 10.6. The third-order valence-corrected chi connectivity index (χ3v) is 7.07. The van der Waals surface area contributed by atoms with E-state index in [-0.39, 0.29) is 6.23 Å². The Morgan fingerprint density at radius 3 is 1.85 bits per heavy atom. The number of amides is 1. The zero-order chi connectivity index (χ0) is 24.0. The highest BCUT2D eigenvalue weighted by Crippen LogP contribution is 2.21. The molecule has 0 N–H and O–H groups in total. The third-order valence-electron chi connectivity index (χ3n) is 7.07. The highest BCUT2D eigenvalue weighted by molar-refractivity contribution is 5.76. The minimum atomic E-state index is 0.0296. The predicted octanol–water partition coefficient (Wildman–Crippen LogP) is 7.94. The molecule has 1 aliphatic rings. The number of carbonyl (C=O) groups is 1. The first-order valence-corrected chi connectivity index (χ1v) is 14.7. The van der Waals surface area contributed by atoms with Gasteiger partial charge >= 0.3 is 0 Å². The fraction of sp³-hybridized carbons (Fsp3) is 0.966. The SMILES string of the molecule is CCCCCCCCCCCCCCCCCC(=O)N1CCCCC1OCCCCN(C)C. The van der Waals surface area contributed by atoms with E-state index in [0.29, 0.717) is 12.3 Å². The van der Waals surface area contributed by atoms with E-state index in [1.807, 2.05) is 4.90 Å². The Hall–Kier alpha value is -0.610. The first kappa shape index (κ1) is 30.4. The van der Waals surface area contributed by atoms with Crippen LogP contribution in [0.4, 0.5) is 0 Å². The van der Waals surface area contributed by atoms with Crippen LogP contribution in [0.2, 0.25) is 0 Å². The molecule has 1 heterocycles. The smallest absolute Gasteiger partial charge is 0.224 e. The summed E-state index contributed by atoms with van der Waals surface area (Å²) in [5, 5.41) is 0. The number of rotatable bonds is 22. The van der Waals surface area contributed by atoms with Crippen molar-refractivity contribution >= 4 is 5.91 Å². The van der Waals surface area contributed by atoms with Gasteiger partial charge in [-0.2, -0.15) is 0 Å². The number of piperidine rings is 1. The highest BCUT2D eigenvalue weighted by atomic mass is 16.5.